The van der Waals surface area contributed by atoms with Crippen molar-refractivity contribution >= 4 is 28.1 Å². The summed E-state index contributed by atoms with van der Waals surface area (Å²) in [6.45, 7) is 4.41. The number of amides is 1. The van der Waals surface area contributed by atoms with Crippen molar-refractivity contribution in [2.75, 3.05) is 0 Å². The van der Waals surface area contributed by atoms with Gasteiger partial charge in [-0.15, -0.1) is 11.3 Å². The van der Waals surface area contributed by atoms with Gasteiger partial charge in [0.2, 0.25) is 5.91 Å². The first-order valence-corrected chi connectivity index (χ1v) is 11.8. The van der Waals surface area contributed by atoms with Crippen molar-refractivity contribution in [2.45, 2.75) is 38.7 Å². The van der Waals surface area contributed by atoms with Crippen LogP contribution in [-0.4, -0.2) is 21.1 Å². The maximum atomic E-state index is 12.1. The third-order valence-electron chi connectivity index (χ3n) is 6.31. The Morgan fingerprint density at radius 3 is 2.67 bits per heavy atom. The second kappa shape index (κ2) is 8.57. The van der Waals surface area contributed by atoms with Gasteiger partial charge >= 0.3 is 0 Å². The summed E-state index contributed by atoms with van der Waals surface area (Å²) in [5, 5.41) is 13.2. The number of hydrogen-bond acceptors (Lipinski definition) is 6. The molecule has 1 amide bonds. The van der Waals surface area contributed by atoms with Crippen LogP contribution in [0.15, 0.2) is 60.0 Å². The minimum atomic E-state index is -0.360. The fraction of sp³-hybridized carbons (Fsp3) is 0.269. The molecule has 0 aliphatic heterocycles. The molecule has 0 radical (unpaired) electrons. The van der Waals surface area contributed by atoms with Gasteiger partial charge in [0.25, 0.3) is 0 Å². The van der Waals surface area contributed by atoms with E-state index >= 15 is 0 Å². The van der Waals surface area contributed by atoms with Crippen LogP contribution < -0.4 is 10.2 Å². The number of thiazole rings is 1. The van der Waals surface area contributed by atoms with E-state index < -0.39 is 0 Å². The average Bonchev–Trinajstić information content (AvgIpc) is 3.38. The number of hydrogen-bond donors (Lipinski definition) is 2. The zero-order valence-electron chi connectivity index (χ0n) is 18.5. The summed E-state index contributed by atoms with van der Waals surface area (Å²) in [4.78, 5) is 21.4. The summed E-state index contributed by atoms with van der Waals surface area (Å²) in [6.07, 6.45) is 1.37. The Hall–Kier alpha value is -3.29. The van der Waals surface area contributed by atoms with Crippen molar-refractivity contribution in [1.29, 1.82) is 0 Å². The Morgan fingerprint density at radius 2 is 1.94 bits per heavy atom. The van der Waals surface area contributed by atoms with Crippen LogP contribution in [0.1, 0.15) is 33.9 Å². The van der Waals surface area contributed by atoms with Gasteiger partial charge in [-0.2, -0.15) is 0 Å². The number of pyridine rings is 1. The van der Waals surface area contributed by atoms with Crippen molar-refractivity contribution in [1.82, 2.24) is 15.4 Å². The topological polar surface area (TPSA) is 84.3 Å². The standard InChI is InChI=1S/C26H25N3O3S/c1-16-11-19(21-5-3-4-6-23(21)27-16)14-32-20-9-7-18(8-10-20)12-26(13-22(26)24(30)29-31)25-28-17(2)15-33-25/h3-11,15,22,31H,12-14H2,1-2H3,(H,29,30). The molecule has 2 N–H and O–H groups in total. The number of aryl methyl sites for hydroxylation is 2. The van der Waals surface area contributed by atoms with Crippen molar-refractivity contribution < 1.29 is 14.7 Å². The van der Waals surface area contributed by atoms with Gasteiger partial charge in [-0.05, 0) is 56.5 Å². The van der Waals surface area contributed by atoms with E-state index in [0.717, 1.165) is 44.2 Å². The lowest BCUT2D eigenvalue weighted by atomic mass is 9.94. The highest BCUT2D eigenvalue weighted by molar-refractivity contribution is 7.09. The number of nitrogens with one attached hydrogen (secondary N) is 1. The summed E-state index contributed by atoms with van der Waals surface area (Å²) in [7, 11) is 0. The summed E-state index contributed by atoms with van der Waals surface area (Å²) in [5.41, 5.74) is 6.56. The summed E-state index contributed by atoms with van der Waals surface area (Å²) < 4.78 is 6.09. The van der Waals surface area contributed by atoms with Crippen molar-refractivity contribution in [3.05, 3.63) is 87.5 Å². The molecule has 1 fully saturated rings. The van der Waals surface area contributed by atoms with E-state index in [1.54, 1.807) is 11.3 Å². The van der Waals surface area contributed by atoms with Crippen LogP contribution in [0.3, 0.4) is 0 Å². The van der Waals surface area contributed by atoms with E-state index in [1.165, 1.54) is 0 Å². The molecule has 1 aliphatic rings. The lowest BCUT2D eigenvalue weighted by Gasteiger charge is -2.15. The molecular weight excluding hydrogens is 434 g/mol. The molecule has 0 saturated heterocycles. The zero-order valence-corrected chi connectivity index (χ0v) is 19.4. The predicted molar refractivity (Wildman–Crippen MR) is 128 cm³/mol. The SMILES string of the molecule is Cc1csc(C2(Cc3ccc(OCc4cc(C)nc5ccccc45)cc3)CC2C(=O)NO)n1. The van der Waals surface area contributed by atoms with Gasteiger partial charge in [0.1, 0.15) is 17.4 Å². The van der Waals surface area contributed by atoms with Crippen LogP contribution in [0.4, 0.5) is 0 Å². The minimum Gasteiger partial charge on any atom is -0.489 e. The van der Waals surface area contributed by atoms with Crippen LogP contribution in [0.2, 0.25) is 0 Å². The first-order valence-electron chi connectivity index (χ1n) is 10.9. The molecule has 1 saturated carbocycles. The number of ether oxygens (including phenoxy) is 1. The van der Waals surface area contributed by atoms with Crippen LogP contribution in [0.25, 0.3) is 10.9 Å². The van der Waals surface area contributed by atoms with Crippen LogP contribution in [-0.2, 0) is 23.2 Å². The summed E-state index contributed by atoms with van der Waals surface area (Å²) in [5.74, 6) is 0.173. The third kappa shape index (κ3) is 4.21. The number of carbonyl (C=O) groups excluding carboxylic acids is 1. The molecule has 2 unspecified atom stereocenters. The number of nitrogens with zero attached hydrogens (tertiary/aromatic N) is 2. The molecule has 2 aromatic heterocycles. The Kier molecular flexibility index (Phi) is 5.60. The van der Waals surface area contributed by atoms with Crippen molar-refractivity contribution in [3.8, 4) is 5.75 Å². The van der Waals surface area contributed by atoms with E-state index in [1.807, 2.05) is 67.2 Å². The number of aromatic nitrogens is 2. The third-order valence-corrected chi connectivity index (χ3v) is 7.49. The van der Waals surface area contributed by atoms with E-state index in [-0.39, 0.29) is 17.2 Å². The second-order valence-corrected chi connectivity index (χ2v) is 9.59. The average molecular weight is 460 g/mol. The largest absolute Gasteiger partial charge is 0.489 e. The maximum Gasteiger partial charge on any atom is 0.247 e. The molecule has 168 valence electrons. The smallest absolute Gasteiger partial charge is 0.247 e. The lowest BCUT2D eigenvalue weighted by molar-refractivity contribution is -0.131. The first kappa shape index (κ1) is 21.6. The number of hydroxylamine groups is 1. The van der Waals surface area contributed by atoms with E-state index in [4.69, 9.17) is 9.94 Å². The van der Waals surface area contributed by atoms with Crippen molar-refractivity contribution in [3.63, 3.8) is 0 Å². The molecule has 2 atom stereocenters. The Labute approximate surface area is 196 Å². The van der Waals surface area contributed by atoms with Gasteiger partial charge in [-0.25, -0.2) is 10.5 Å². The molecule has 33 heavy (non-hydrogen) atoms. The first-order chi connectivity index (χ1) is 16.0. The second-order valence-electron chi connectivity index (χ2n) is 8.73. The highest BCUT2D eigenvalue weighted by Gasteiger charge is 2.60. The molecule has 2 heterocycles. The van der Waals surface area contributed by atoms with Crippen molar-refractivity contribution in [2.24, 2.45) is 5.92 Å². The minimum absolute atomic E-state index is 0.271. The van der Waals surface area contributed by atoms with Gasteiger partial charge in [-0.1, -0.05) is 30.3 Å². The molecule has 0 bridgehead atoms. The molecule has 5 rings (SSSR count). The Morgan fingerprint density at radius 1 is 1.15 bits per heavy atom. The van der Waals surface area contributed by atoms with Gasteiger partial charge in [0.15, 0.2) is 0 Å². The maximum absolute atomic E-state index is 12.1. The van der Waals surface area contributed by atoms with E-state index in [2.05, 4.69) is 22.1 Å². The number of fused-ring (bicyclic) bond motifs is 1. The predicted octanol–water partition coefficient (Wildman–Crippen LogP) is 4.89. The van der Waals surface area contributed by atoms with Gasteiger partial charge < -0.3 is 4.74 Å². The van der Waals surface area contributed by atoms with E-state index in [9.17, 15) is 4.79 Å². The molecule has 4 aromatic rings. The fourth-order valence-electron chi connectivity index (χ4n) is 4.56. The molecule has 0 spiro atoms. The number of carbonyl (C=O) groups is 1. The molecule has 7 heteroatoms. The van der Waals surface area contributed by atoms with Crippen LogP contribution >= 0.6 is 11.3 Å². The molecule has 2 aromatic carbocycles. The monoisotopic (exact) mass is 459 g/mol. The van der Waals surface area contributed by atoms with Crippen LogP contribution in [0, 0.1) is 19.8 Å². The normalized spacial score (nSPS) is 19.4. The Balaban J connectivity index is 1.31. The quantitative estimate of drug-likeness (QED) is 0.304. The highest BCUT2D eigenvalue weighted by Crippen LogP contribution is 2.57. The molecule has 6 nitrogen and oxygen atoms in total. The lowest BCUT2D eigenvalue weighted by Crippen LogP contribution is -2.26. The molecule has 1 aliphatic carbocycles. The number of para-hydroxylation sites is 1. The van der Waals surface area contributed by atoms with Crippen LogP contribution in [0.5, 0.6) is 5.75 Å². The van der Waals surface area contributed by atoms with Gasteiger partial charge in [0.05, 0.1) is 11.4 Å². The fourth-order valence-corrected chi connectivity index (χ4v) is 5.62. The Bertz CT molecular complexity index is 1320. The highest BCUT2D eigenvalue weighted by atomic mass is 32.1. The number of benzene rings is 2. The van der Waals surface area contributed by atoms with Gasteiger partial charge in [-0.3, -0.25) is 15.0 Å². The molecular formula is C26H25N3O3S. The zero-order chi connectivity index (χ0) is 23.0. The summed E-state index contributed by atoms with van der Waals surface area (Å²) >= 11 is 1.58. The number of rotatable bonds is 7. The van der Waals surface area contributed by atoms with Gasteiger partial charge in [0, 0.05) is 33.1 Å². The summed E-state index contributed by atoms with van der Waals surface area (Å²) in [6, 6.07) is 18.2. The van der Waals surface area contributed by atoms with E-state index in [0.29, 0.717) is 19.4 Å².